The van der Waals surface area contributed by atoms with Crippen LogP contribution in [0.4, 0.5) is 0 Å². The van der Waals surface area contributed by atoms with Crippen LogP contribution in [0, 0.1) is 0 Å². The van der Waals surface area contributed by atoms with Crippen molar-refractivity contribution in [2.75, 3.05) is 6.54 Å². The molecule has 0 aromatic heterocycles. The lowest BCUT2D eigenvalue weighted by molar-refractivity contribution is -0.135. The fraction of sp³-hybridized carbons (Fsp3) is 0.111. The summed E-state index contributed by atoms with van der Waals surface area (Å²) in [5, 5.41) is 16.0. The second-order valence-corrected chi connectivity index (χ2v) is 2.27. The molecule has 0 heterocycles. The molecule has 1 aromatic rings. The van der Waals surface area contributed by atoms with Gasteiger partial charge in [-0.05, 0) is 12.1 Å². The van der Waals surface area contributed by atoms with Crippen LogP contribution >= 0.6 is 0 Å². The van der Waals surface area contributed by atoms with Gasteiger partial charge in [-0.3, -0.25) is 4.79 Å². The standard InChI is InChI=1S/C7H6O2.C2H5NO2/c8-7(9)6-4-2-1-3-5-6;3-1-2(4)5/h1-5H,(H,8,9);1,3H2,(H,4,5). The predicted octanol–water partition coefficient (Wildman–Crippen LogP) is 0.414. The van der Waals surface area contributed by atoms with Crippen molar-refractivity contribution in [3.63, 3.8) is 0 Å². The van der Waals surface area contributed by atoms with E-state index in [-0.39, 0.29) is 6.54 Å². The molecule has 0 radical (unpaired) electrons. The monoisotopic (exact) mass is 197 g/mol. The van der Waals surface area contributed by atoms with Crippen molar-refractivity contribution in [2.24, 2.45) is 5.73 Å². The number of nitrogens with two attached hydrogens (primary N) is 1. The third kappa shape index (κ3) is 5.73. The van der Waals surface area contributed by atoms with Gasteiger partial charge in [-0.15, -0.1) is 0 Å². The van der Waals surface area contributed by atoms with Crippen LogP contribution in [-0.2, 0) is 4.79 Å². The summed E-state index contributed by atoms with van der Waals surface area (Å²) in [6, 6.07) is 8.30. The summed E-state index contributed by atoms with van der Waals surface area (Å²) in [7, 11) is 0. The van der Waals surface area contributed by atoms with E-state index >= 15 is 0 Å². The Morgan fingerprint density at radius 1 is 1.14 bits per heavy atom. The van der Waals surface area contributed by atoms with Crippen molar-refractivity contribution in [1.29, 1.82) is 0 Å². The number of aliphatic carboxylic acids is 1. The van der Waals surface area contributed by atoms with E-state index in [1.807, 2.05) is 0 Å². The molecule has 1 rings (SSSR count). The van der Waals surface area contributed by atoms with Gasteiger partial charge in [0.1, 0.15) is 0 Å². The molecule has 0 aliphatic heterocycles. The van der Waals surface area contributed by atoms with E-state index < -0.39 is 11.9 Å². The molecule has 0 saturated carbocycles. The van der Waals surface area contributed by atoms with Gasteiger partial charge in [0, 0.05) is 0 Å². The molecule has 14 heavy (non-hydrogen) atoms. The zero-order chi connectivity index (χ0) is 11.0. The minimum Gasteiger partial charge on any atom is -0.480 e. The van der Waals surface area contributed by atoms with Crippen LogP contribution in [-0.4, -0.2) is 28.7 Å². The Bertz CT molecular complexity index is 297. The Morgan fingerprint density at radius 2 is 1.57 bits per heavy atom. The smallest absolute Gasteiger partial charge is 0.335 e. The highest BCUT2D eigenvalue weighted by atomic mass is 16.4. The number of benzene rings is 1. The van der Waals surface area contributed by atoms with Crippen LogP contribution in [0.25, 0.3) is 0 Å². The highest BCUT2D eigenvalue weighted by molar-refractivity contribution is 5.87. The number of aromatic carboxylic acids is 1. The Morgan fingerprint density at radius 3 is 1.79 bits per heavy atom. The zero-order valence-corrected chi connectivity index (χ0v) is 7.38. The summed E-state index contributed by atoms with van der Waals surface area (Å²) >= 11 is 0. The highest BCUT2D eigenvalue weighted by Gasteiger charge is 1.96. The van der Waals surface area contributed by atoms with E-state index in [0.717, 1.165) is 0 Å². The second-order valence-electron chi connectivity index (χ2n) is 2.27. The summed E-state index contributed by atoms with van der Waals surface area (Å²) in [6.07, 6.45) is 0. The molecule has 0 atom stereocenters. The lowest BCUT2D eigenvalue weighted by Crippen LogP contribution is -2.10. The second kappa shape index (κ2) is 6.62. The largest absolute Gasteiger partial charge is 0.480 e. The molecule has 0 aliphatic rings. The lowest BCUT2D eigenvalue weighted by Gasteiger charge is -1.88. The Labute approximate surface area is 80.8 Å². The molecule has 0 aliphatic carbocycles. The van der Waals surface area contributed by atoms with E-state index in [1.54, 1.807) is 30.3 Å². The minimum atomic E-state index is -0.968. The average molecular weight is 197 g/mol. The molecule has 4 N–H and O–H groups in total. The Kier molecular flexibility index (Phi) is 5.73. The van der Waals surface area contributed by atoms with E-state index in [4.69, 9.17) is 10.2 Å². The van der Waals surface area contributed by atoms with Gasteiger partial charge >= 0.3 is 11.9 Å². The fourth-order valence-electron chi connectivity index (χ4n) is 0.581. The maximum absolute atomic E-state index is 10.2. The summed E-state index contributed by atoms with van der Waals surface area (Å²) in [4.78, 5) is 19.4. The molecular weight excluding hydrogens is 186 g/mol. The van der Waals surface area contributed by atoms with Crippen LogP contribution in [0.5, 0.6) is 0 Å². The van der Waals surface area contributed by atoms with Crippen molar-refractivity contribution in [1.82, 2.24) is 0 Å². The lowest BCUT2D eigenvalue weighted by atomic mass is 10.2. The maximum Gasteiger partial charge on any atom is 0.335 e. The fourth-order valence-corrected chi connectivity index (χ4v) is 0.581. The summed E-state index contributed by atoms with van der Waals surface area (Å²) in [5.74, 6) is -1.85. The first-order valence-electron chi connectivity index (χ1n) is 3.78. The molecule has 0 fully saturated rings. The van der Waals surface area contributed by atoms with E-state index in [1.165, 1.54) is 0 Å². The summed E-state index contributed by atoms with van der Waals surface area (Å²) in [5.41, 5.74) is 4.90. The van der Waals surface area contributed by atoms with Crippen LogP contribution in [0.3, 0.4) is 0 Å². The maximum atomic E-state index is 10.2. The Hall–Kier alpha value is -1.88. The minimum absolute atomic E-state index is 0.278. The normalized spacial score (nSPS) is 8.36. The third-order valence-electron chi connectivity index (χ3n) is 1.20. The first-order valence-corrected chi connectivity index (χ1v) is 3.78. The topological polar surface area (TPSA) is 101 Å². The van der Waals surface area contributed by atoms with Gasteiger partial charge in [0.2, 0.25) is 0 Å². The molecule has 5 heteroatoms. The number of rotatable bonds is 2. The molecule has 1 aromatic carbocycles. The molecule has 76 valence electrons. The Balaban J connectivity index is 0.000000292. The first-order chi connectivity index (χ1) is 6.57. The third-order valence-corrected chi connectivity index (χ3v) is 1.20. The number of carbonyl (C=O) groups is 2. The van der Waals surface area contributed by atoms with Gasteiger partial charge in [0.15, 0.2) is 0 Å². The predicted molar refractivity (Wildman–Crippen MR) is 50.1 cm³/mol. The number of carboxylic acids is 2. The molecule has 0 spiro atoms. The molecular formula is C9H11NO4. The van der Waals surface area contributed by atoms with E-state index in [9.17, 15) is 9.59 Å². The van der Waals surface area contributed by atoms with Crippen molar-refractivity contribution in [3.05, 3.63) is 35.9 Å². The van der Waals surface area contributed by atoms with Crippen LogP contribution in [0.15, 0.2) is 30.3 Å². The van der Waals surface area contributed by atoms with Crippen molar-refractivity contribution >= 4 is 11.9 Å². The number of hydrogen-bond donors (Lipinski definition) is 3. The molecule has 0 unspecified atom stereocenters. The summed E-state index contributed by atoms with van der Waals surface area (Å²) < 4.78 is 0. The van der Waals surface area contributed by atoms with Gasteiger partial charge in [0.05, 0.1) is 12.1 Å². The number of carboxylic acid groups (broad SMARTS) is 2. The SMILES string of the molecule is NCC(=O)O.O=C(O)c1ccccc1. The van der Waals surface area contributed by atoms with Crippen molar-refractivity contribution < 1.29 is 19.8 Å². The average Bonchev–Trinajstić information content (AvgIpc) is 2.20. The van der Waals surface area contributed by atoms with Gasteiger partial charge < -0.3 is 15.9 Å². The zero-order valence-electron chi connectivity index (χ0n) is 7.38. The van der Waals surface area contributed by atoms with Gasteiger partial charge in [-0.1, -0.05) is 18.2 Å². The quantitative estimate of drug-likeness (QED) is 0.637. The van der Waals surface area contributed by atoms with Crippen LogP contribution in [0.2, 0.25) is 0 Å². The molecule has 0 amide bonds. The molecule has 0 bridgehead atoms. The number of hydrogen-bond acceptors (Lipinski definition) is 3. The molecule has 5 nitrogen and oxygen atoms in total. The van der Waals surface area contributed by atoms with Crippen molar-refractivity contribution in [3.8, 4) is 0 Å². The van der Waals surface area contributed by atoms with Crippen LogP contribution < -0.4 is 5.73 Å². The summed E-state index contributed by atoms with van der Waals surface area (Å²) in [6.45, 7) is -0.278. The van der Waals surface area contributed by atoms with Gasteiger partial charge in [0.25, 0.3) is 0 Å². The van der Waals surface area contributed by atoms with E-state index in [2.05, 4.69) is 5.73 Å². The highest BCUT2D eigenvalue weighted by Crippen LogP contribution is 1.96. The van der Waals surface area contributed by atoms with Crippen molar-refractivity contribution in [2.45, 2.75) is 0 Å². The van der Waals surface area contributed by atoms with E-state index in [0.29, 0.717) is 5.56 Å². The van der Waals surface area contributed by atoms with Crippen LogP contribution in [0.1, 0.15) is 10.4 Å². The molecule has 0 saturated heterocycles. The van der Waals surface area contributed by atoms with Gasteiger partial charge in [-0.2, -0.15) is 0 Å². The first kappa shape index (κ1) is 12.1. The van der Waals surface area contributed by atoms with Gasteiger partial charge in [-0.25, -0.2) is 4.79 Å².